The molecule has 0 spiro atoms. The third-order valence-electron chi connectivity index (χ3n) is 7.29. The number of hydrogen-bond donors (Lipinski definition) is 1. The van der Waals surface area contributed by atoms with Crippen molar-refractivity contribution < 1.29 is 30.9 Å². The van der Waals surface area contributed by atoms with Crippen molar-refractivity contribution in [3.8, 4) is 23.2 Å². The van der Waals surface area contributed by atoms with E-state index in [4.69, 9.17) is 9.72 Å². The van der Waals surface area contributed by atoms with Gasteiger partial charge in [0.2, 0.25) is 5.88 Å². The van der Waals surface area contributed by atoms with Gasteiger partial charge in [-0.05, 0) is 40.4 Å². The number of hydrogen-bond acceptors (Lipinski definition) is 4. The molecule has 0 atom stereocenters. The quantitative estimate of drug-likeness (QED) is 0.149. The molecular weight excluding hydrogens is 677 g/mol. The second-order valence-electron chi connectivity index (χ2n) is 9.56. The Morgan fingerprint density at radius 1 is 0.675 bits per heavy atom. The first-order valence-electron chi connectivity index (χ1n) is 12.7. The molecule has 0 radical (unpaired) electrons. The molecule has 0 unspecified atom stereocenters. The number of benzene rings is 5. The van der Waals surface area contributed by atoms with E-state index < -0.39 is 0 Å². The molecule has 0 aliphatic rings. The van der Waals surface area contributed by atoms with E-state index in [2.05, 4.69) is 45.9 Å². The van der Waals surface area contributed by atoms with Crippen LogP contribution in [0.3, 0.4) is 0 Å². The number of ether oxygens (including phenoxy) is 1. The van der Waals surface area contributed by atoms with Crippen molar-refractivity contribution in [2.24, 2.45) is 0 Å². The molecule has 194 valence electrons. The third kappa shape index (κ3) is 3.74. The maximum Gasteiger partial charge on any atom is 0.217 e. The van der Waals surface area contributed by atoms with Crippen molar-refractivity contribution >= 4 is 54.3 Å². The molecule has 0 aliphatic heterocycles. The van der Waals surface area contributed by atoms with Crippen LogP contribution in [0.5, 0.6) is 17.4 Å². The summed E-state index contributed by atoms with van der Waals surface area (Å²) in [4.78, 5) is 9.45. The number of nitrogens with zero attached hydrogens (tertiary/aromatic N) is 3. The first-order chi connectivity index (χ1) is 19.2. The van der Waals surface area contributed by atoms with E-state index in [-0.39, 0.29) is 26.8 Å². The van der Waals surface area contributed by atoms with Crippen LogP contribution >= 0.6 is 0 Å². The van der Waals surface area contributed by atoms with Crippen LogP contribution in [0.1, 0.15) is 0 Å². The summed E-state index contributed by atoms with van der Waals surface area (Å²) in [6, 6.07) is 39.5. The van der Waals surface area contributed by atoms with Crippen LogP contribution in [0.2, 0.25) is 0 Å². The molecule has 8 rings (SSSR count). The summed E-state index contributed by atoms with van der Waals surface area (Å²) in [5.74, 6) is 1.90. The Morgan fingerprint density at radius 2 is 1.43 bits per heavy atom. The molecule has 40 heavy (non-hydrogen) atoms. The number of aromatic nitrogens is 3. The van der Waals surface area contributed by atoms with Crippen LogP contribution in [0.15, 0.2) is 115 Å². The topological polar surface area (TPSA) is 60.2 Å². The summed E-state index contributed by atoms with van der Waals surface area (Å²) in [5, 5.41) is 17.9. The Labute approximate surface area is 243 Å². The fraction of sp³-hybridized carbons (Fsp3) is 0. The summed E-state index contributed by atoms with van der Waals surface area (Å²) in [5.41, 5.74) is 2.42. The summed E-state index contributed by atoms with van der Waals surface area (Å²) in [6.45, 7) is 0. The van der Waals surface area contributed by atoms with Crippen molar-refractivity contribution in [3.63, 3.8) is 0 Å². The standard InChI is InChI=1S/C34H20N3O2.Pt/c38-33-25-9-3-2-8-22(25)19-23-13-16-31(36-32(23)33)39-24-14-15-28-27-11-5-6-12-29(27)37(30(28)20-24)34-26-10-4-1-7-21(26)17-18-35-34;/h1-19,38H;/q-1;. The van der Waals surface area contributed by atoms with E-state index in [0.29, 0.717) is 17.1 Å². The van der Waals surface area contributed by atoms with Crippen molar-refractivity contribution in [2.45, 2.75) is 0 Å². The van der Waals surface area contributed by atoms with Gasteiger partial charge in [-0.3, -0.25) is 0 Å². The average molecular weight is 698 g/mol. The van der Waals surface area contributed by atoms with Crippen LogP contribution in [0.25, 0.3) is 60.1 Å². The first kappa shape index (κ1) is 24.3. The average Bonchev–Trinajstić information content (AvgIpc) is 3.31. The zero-order valence-electron chi connectivity index (χ0n) is 21.0. The van der Waals surface area contributed by atoms with Crippen molar-refractivity contribution in [1.29, 1.82) is 0 Å². The molecule has 0 fully saturated rings. The Hall–Kier alpha value is -4.73. The summed E-state index contributed by atoms with van der Waals surface area (Å²) < 4.78 is 8.37. The van der Waals surface area contributed by atoms with Crippen LogP contribution in [-0.2, 0) is 21.1 Å². The molecule has 5 aromatic carbocycles. The number of pyridine rings is 2. The van der Waals surface area contributed by atoms with Gasteiger partial charge >= 0.3 is 0 Å². The van der Waals surface area contributed by atoms with Gasteiger partial charge in [-0.15, -0.1) is 17.5 Å². The summed E-state index contributed by atoms with van der Waals surface area (Å²) in [7, 11) is 0. The fourth-order valence-corrected chi connectivity index (χ4v) is 5.50. The minimum Gasteiger partial charge on any atom is -0.505 e. The van der Waals surface area contributed by atoms with E-state index in [9.17, 15) is 5.11 Å². The number of phenolic OH excluding ortho intramolecular Hbond substituents is 1. The SMILES string of the molecule is Oc1c2ccccc2cc2ccc(Oc3[c-]c4c(cc3)c3ccccc3n4-c3nccc4ccccc34)nc12.[Pt]. The van der Waals surface area contributed by atoms with Gasteiger partial charge in [0.05, 0.1) is 0 Å². The van der Waals surface area contributed by atoms with E-state index in [0.717, 1.165) is 54.6 Å². The van der Waals surface area contributed by atoms with Crippen LogP contribution in [0, 0.1) is 6.07 Å². The van der Waals surface area contributed by atoms with Gasteiger partial charge in [-0.25, -0.2) is 9.97 Å². The smallest absolute Gasteiger partial charge is 0.217 e. The Kier molecular flexibility index (Phi) is 5.76. The van der Waals surface area contributed by atoms with Crippen LogP contribution in [0.4, 0.5) is 0 Å². The number of para-hydroxylation sites is 1. The maximum atomic E-state index is 10.9. The first-order valence-corrected chi connectivity index (χ1v) is 12.7. The number of phenols is 1. The zero-order valence-corrected chi connectivity index (χ0v) is 23.3. The second-order valence-corrected chi connectivity index (χ2v) is 9.56. The van der Waals surface area contributed by atoms with Gasteiger partial charge in [-0.1, -0.05) is 72.2 Å². The number of aromatic hydroxyl groups is 1. The van der Waals surface area contributed by atoms with Gasteiger partial charge in [0.1, 0.15) is 17.1 Å². The summed E-state index contributed by atoms with van der Waals surface area (Å²) in [6.07, 6.45) is 1.84. The normalized spacial score (nSPS) is 11.4. The van der Waals surface area contributed by atoms with E-state index in [1.165, 1.54) is 0 Å². The van der Waals surface area contributed by atoms with Gasteiger partial charge in [0, 0.05) is 60.8 Å². The molecule has 8 aromatic rings. The Balaban J connectivity index is 0.00000264. The minimum absolute atomic E-state index is 0. The van der Waals surface area contributed by atoms with Crippen molar-refractivity contribution in [2.75, 3.05) is 0 Å². The van der Waals surface area contributed by atoms with Gasteiger partial charge < -0.3 is 14.4 Å². The molecule has 1 N–H and O–H groups in total. The second kappa shape index (κ2) is 9.48. The zero-order chi connectivity index (χ0) is 25.9. The summed E-state index contributed by atoms with van der Waals surface area (Å²) >= 11 is 0. The molecule has 0 aliphatic carbocycles. The molecule has 6 heteroatoms. The van der Waals surface area contributed by atoms with Crippen molar-refractivity contribution in [1.82, 2.24) is 14.5 Å². The van der Waals surface area contributed by atoms with Gasteiger partial charge in [-0.2, -0.15) is 6.07 Å². The minimum atomic E-state index is 0. The van der Waals surface area contributed by atoms with Crippen LogP contribution in [-0.4, -0.2) is 19.6 Å². The molecule has 3 aromatic heterocycles. The van der Waals surface area contributed by atoms with Crippen LogP contribution < -0.4 is 4.74 Å². The molecule has 0 amide bonds. The van der Waals surface area contributed by atoms with Gasteiger partial charge in [0.15, 0.2) is 0 Å². The predicted molar refractivity (Wildman–Crippen MR) is 156 cm³/mol. The maximum absolute atomic E-state index is 10.9. The molecule has 0 saturated heterocycles. The monoisotopic (exact) mass is 697 g/mol. The Morgan fingerprint density at radius 3 is 2.30 bits per heavy atom. The molecule has 3 heterocycles. The number of fused-ring (bicyclic) bond motifs is 6. The predicted octanol–water partition coefficient (Wildman–Crippen LogP) is 8.33. The fourth-order valence-electron chi connectivity index (χ4n) is 5.50. The molecular formula is C34H20N3O2Pt-. The number of rotatable bonds is 3. The van der Waals surface area contributed by atoms with E-state index >= 15 is 0 Å². The largest absolute Gasteiger partial charge is 0.505 e. The molecule has 0 saturated carbocycles. The third-order valence-corrected chi connectivity index (χ3v) is 7.29. The van der Waals surface area contributed by atoms with Gasteiger partial charge in [0.25, 0.3) is 0 Å². The van der Waals surface area contributed by atoms with E-state index in [1.54, 1.807) is 0 Å². The van der Waals surface area contributed by atoms with E-state index in [1.807, 2.05) is 85.1 Å². The molecule has 0 bridgehead atoms. The molecule has 5 nitrogen and oxygen atoms in total. The van der Waals surface area contributed by atoms with Crippen molar-refractivity contribution in [3.05, 3.63) is 121 Å². The Bertz CT molecular complexity index is 2230.